The molecule has 0 spiro atoms. The molecule has 0 saturated carbocycles. The molecule has 7 nitrogen and oxygen atoms in total. The zero-order valence-electron chi connectivity index (χ0n) is 12.6. The van der Waals surface area contributed by atoms with Gasteiger partial charge < -0.3 is 15.6 Å². The number of aryl methyl sites for hydroxylation is 1. The van der Waals surface area contributed by atoms with Crippen LogP contribution in [0.4, 0.5) is 11.8 Å². The summed E-state index contributed by atoms with van der Waals surface area (Å²) in [5.74, 6) is 2.09. The quantitative estimate of drug-likeness (QED) is 0.754. The maximum atomic E-state index is 5.90. The monoisotopic (exact) mass is 297 g/mol. The van der Waals surface area contributed by atoms with Crippen LogP contribution in [0.5, 0.6) is 0 Å². The first-order valence-electron chi connectivity index (χ1n) is 7.62. The Morgan fingerprint density at radius 2 is 2.00 bits per heavy atom. The van der Waals surface area contributed by atoms with Crippen LogP contribution in [0.1, 0.15) is 19.3 Å². The third-order valence-corrected chi connectivity index (χ3v) is 4.17. The van der Waals surface area contributed by atoms with Crippen LogP contribution in [-0.4, -0.2) is 37.8 Å². The molecule has 0 bridgehead atoms. The Hall–Kier alpha value is -2.57. The SMILES string of the molecule is Cn1nc(-c2cc(N)nc3[nH]ccc23)nc1N1CCCCC1. The number of nitrogens with two attached hydrogens (primary N) is 1. The second-order valence-electron chi connectivity index (χ2n) is 5.74. The van der Waals surface area contributed by atoms with Crippen LogP contribution >= 0.6 is 0 Å². The fourth-order valence-electron chi connectivity index (χ4n) is 3.10. The summed E-state index contributed by atoms with van der Waals surface area (Å²) in [6.45, 7) is 2.09. The van der Waals surface area contributed by atoms with Gasteiger partial charge in [-0.3, -0.25) is 0 Å². The molecule has 1 aliphatic rings. The second kappa shape index (κ2) is 5.01. The van der Waals surface area contributed by atoms with Crippen LogP contribution in [0.25, 0.3) is 22.4 Å². The van der Waals surface area contributed by atoms with Crippen molar-refractivity contribution in [2.24, 2.45) is 7.05 Å². The molecule has 1 saturated heterocycles. The average Bonchev–Trinajstić information content (AvgIpc) is 3.13. The van der Waals surface area contributed by atoms with E-state index >= 15 is 0 Å². The van der Waals surface area contributed by atoms with Crippen molar-refractivity contribution in [2.75, 3.05) is 23.7 Å². The molecule has 0 amide bonds. The molecule has 0 radical (unpaired) electrons. The average molecular weight is 297 g/mol. The van der Waals surface area contributed by atoms with Crippen molar-refractivity contribution in [3.8, 4) is 11.4 Å². The van der Waals surface area contributed by atoms with Gasteiger partial charge in [0.15, 0.2) is 5.82 Å². The van der Waals surface area contributed by atoms with Gasteiger partial charge in [-0.1, -0.05) is 0 Å². The largest absolute Gasteiger partial charge is 0.384 e. The highest BCUT2D eigenvalue weighted by Gasteiger charge is 2.19. The minimum Gasteiger partial charge on any atom is -0.384 e. The predicted molar refractivity (Wildman–Crippen MR) is 86.6 cm³/mol. The number of hydrogen-bond acceptors (Lipinski definition) is 5. The number of nitrogens with zero attached hydrogens (tertiary/aromatic N) is 5. The molecule has 3 aromatic rings. The summed E-state index contributed by atoms with van der Waals surface area (Å²) in [5.41, 5.74) is 7.59. The Kier molecular flexibility index (Phi) is 2.99. The van der Waals surface area contributed by atoms with Gasteiger partial charge in [-0.2, -0.15) is 4.98 Å². The summed E-state index contributed by atoms with van der Waals surface area (Å²) >= 11 is 0. The third-order valence-electron chi connectivity index (χ3n) is 4.17. The second-order valence-corrected chi connectivity index (χ2v) is 5.74. The number of nitrogen functional groups attached to an aromatic ring is 1. The number of nitrogens with one attached hydrogen (secondary N) is 1. The van der Waals surface area contributed by atoms with Gasteiger partial charge in [0.2, 0.25) is 5.95 Å². The molecule has 4 heterocycles. The molecule has 0 atom stereocenters. The van der Waals surface area contributed by atoms with Crippen LogP contribution in [0, 0.1) is 0 Å². The first-order chi connectivity index (χ1) is 10.7. The highest BCUT2D eigenvalue weighted by Crippen LogP contribution is 2.28. The van der Waals surface area contributed by atoms with Gasteiger partial charge in [-0.05, 0) is 31.4 Å². The molecular formula is C15H19N7. The zero-order valence-corrected chi connectivity index (χ0v) is 12.6. The molecule has 3 N–H and O–H groups in total. The number of piperidine rings is 1. The van der Waals surface area contributed by atoms with Crippen molar-refractivity contribution in [1.82, 2.24) is 24.7 Å². The minimum atomic E-state index is 0.469. The van der Waals surface area contributed by atoms with Crippen LogP contribution in [-0.2, 0) is 7.05 Å². The number of H-pyrrole nitrogens is 1. The summed E-state index contributed by atoms with van der Waals surface area (Å²) in [4.78, 5) is 14.4. The molecule has 0 aromatic carbocycles. The van der Waals surface area contributed by atoms with E-state index in [4.69, 9.17) is 10.7 Å². The molecule has 1 fully saturated rings. The van der Waals surface area contributed by atoms with Gasteiger partial charge in [0.25, 0.3) is 0 Å². The van der Waals surface area contributed by atoms with Crippen LogP contribution < -0.4 is 10.6 Å². The number of aromatic nitrogens is 5. The van der Waals surface area contributed by atoms with E-state index in [0.717, 1.165) is 35.6 Å². The van der Waals surface area contributed by atoms with Crippen LogP contribution in [0.3, 0.4) is 0 Å². The van der Waals surface area contributed by atoms with Gasteiger partial charge in [-0.25, -0.2) is 9.67 Å². The van der Waals surface area contributed by atoms with Crippen molar-refractivity contribution in [2.45, 2.75) is 19.3 Å². The van der Waals surface area contributed by atoms with E-state index in [0.29, 0.717) is 11.6 Å². The van der Waals surface area contributed by atoms with Gasteiger partial charge in [0.1, 0.15) is 11.5 Å². The van der Waals surface area contributed by atoms with Gasteiger partial charge >= 0.3 is 0 Å². The Morgan fingerprint density at radius 1 is 1.18 bits per heavy atom. The molecule has 3 aromatic heterocycles. The molecular weight excluding hydrogens is 278 g/mol. The molecule has 7 heteroatoms. The number of hydrogen-bond donors (Lipinski definition) is 2. The number of rotatable bonds is 2. The maximum Gasteiger partial charge on any atom is 0.224 e. The Morgan fingerprint density at radius 3 is 2.82 bits per heavy atom. The van der Waals surface area contributed by atoms with E-state index in [1.807, 2.05) is 30.1 Å². The van der Waals surface area contributed by atoms with Gasteiger partial charge in [0, 0.05) is 37.3 Å². The van der Waals surface area contributed by atoms with Crippen molar-refractivity contribution in [1.29, 1.82) is 0 Å². The van der Waals surface area contributed by atoms with E-state index in [2.05, 4.69) is 20.0 Å². The van der Waals surface area contributed by atoms with Crippen LogP contribution in [0.15, 0.2) is 18.3 Å². The molecule has 0 aliphatic carbocycles. The Labute approximate surface area is 128 Å². The third kappa shape index (κ3) is 2.09. The lowest BCUT2D eigenvalue weighted by molar-refractivity contribution is 0.557. The zero-order chi connectivity index (χ0) is 15.1. The summed E-state index contributed by atoms with van der Waals surface area (Å²) in [6, 6.07) is 3.82. The number of fused-ring (bicyclic) bond motifs is 1. The lowest BCUT2D eigenvalue weighted by Crippen LogP contribution is -2.31. The number of aromatic amines is 1. The van der Waals surface area contributed by atoms with E-state index < -0.39 is 0 Å². The summed E-state index contributed by atoms with van der Waals surface area (Å²) in [5, 5.41) is 5.58. The smallest absolute Gasteiger partial charge is 0.224 e. The Bertz CT molecular complexity index is 811. The van der Waals surface area contributed by atoms with Gasteiger partial charge in [0.05, 0.1) is 0 Å². The fraction of sp³-hybridized carbons (Fsp3) is 0.400. The summed E-state index contributed by atoms with van der Waals surface area (Å²) in [6.07, 6.45) is 5.58. The first kappa shape index (κ1) is 13.1. The number of pyridine rings is 1. The standard InChI is InChI=1S/C15H19N7/c1-21-15(22-7-3-2-4-8-22)19-14(20-21)11-9-12(16)18-13-10(11)5-6-17-13/h5-6,9H,2-4,7-8H2,1H3,(H3,16,17,18). The van der Waals surface area contributed by atoms with Crippen molar-refractivity contribution in [3.63, 3.8) is 0 Å². The molecule has 1 aliphatic heterocycles. The molecule has 22 heavy (non-hydrogen) atoms. The van der Waals surface area contributed by atoms with Crippen molar-refractivity contribution >= 4 is 22.8 Å². The molecule has 114 valence electrons. The highest BCUT2D eigenvalue weighted by molar-refractivity contribution is 5.92. The summed E-state index contributed by atoms with van der Waals surface area (Å²) in [7, 11) is 1.94. The van der Waals surface area contributed by atoms with Gasteiger partial charge in [-0.15, -0.1) is 5.10 Å². The van der Waals surface area contributed by atoms with E-state index in [-0.39, 0.29) is 0 Å². The predicted octanol–water partition coefficient (Wildman–Crippen LogP) is 1.93. The first-order valence-corrected chi connectivity index (χ1v) is 7.62. The lowest BCUT2D eigenvalue weighted by Gasteiger charge is -2.26. The lowest BCUT2D eigenvalue weighted by atomic mass is 10.1. The minimum absolute atomic E-state index is 0.469. The fourth-order valence-corrected chi connectivity index (χ4v) is 3.10. The topological polar surface area (TPSA) is 88.7 Å². The molecule has 4 rings (SSSR count). The van der Waals surface area contributed by atoms with E-state index in [1.54, 1.807) is 0 Å². The maximum absolute atomic E-state index is 5.90. The van der Waals surface area contributed by atoms with E-state index in [9.17, 15) is 0 Å². The number of anilines is 2. The normalized spacial score (nSPS) is 15.6. The van der Waals surface area contributed by atoms with E-state index in [1.165, 1.54) is 19.3 Å². The summed E-state index contributed by atoms with van der Waals surface area (Å²) < 4.78 is 1.86. The molecule has 0 unspecified atom stereocenters. The highest BCUT2D eigenvalue weighted by atomic mass is 15.4. The Balaban J connectivity index is 1.80. The van der Waals surface area contributed by atoms with Crippen LogP contribution in [0.2, 0.25) is 0 Å². The van der Waals surface area contributed by atoms with Crippen molar-refractivity contribution in [3.05, 3.63) is 18.3 Å². The van der Waals surface area contributed by atoms with Crippen molar-refractivity contribution < 1.29 is 0 Å².